The summed E-state index contributed by atoms with van der Waals surface area (Å²) in [6.07, 6.45) is 2.93. The van der Waals surface area contributed by atoms with E-state index in [1.165, 1.54) is 30.9 Å². The molecule has 0 aromatic carbocycles. The van der Waals surface area contributed by atoms with Crippen LogP contribution in [-0.2, 0) is 16.9 Å². The van der Waals surface area contributed by atoms with E-state index in [4.69, 9.17) is 0 Å². The zero-order chi connectivity index (χ0) is 17.4. The van der Waals surface area contributed by atoms with Gasteiger partial charge in [0.25, 0.3) is 5.91 Å². The summed E-state index contributed by atoms with van der Waals surface area (Å²) in [4.78, 5) is 23.7. The van der Waals surface area contributed by atoms with Crippen molar-refractivity contribution in [3.63, 3.8) is 0 Å². The molecule has 0 spiro atoms. The van der Waals surface area contributed by atoms with Crippen molar-refractivity contribution in [2.24, 2.45) is 0 Å². The molecule has 2 aromatic heterocycles. The Hall–Kier alpha value is -2.64. The zero-order valence-electron chi connectivity index (χ0n) is 13.9. The van der Waals surface area contributed by atoms with Gasteiger partial charge in [0.05, 0.1) is 23.1 Å². The molecule has 2 N–H and O–H groups in total. The lowest BCUT2D eigenvalue weighted by Crippen LogP contribution is -2.35. The third-order valence-electron chi connectivity index (χ3n) is 3.84. The topological polar surface area (TPSA) is 102 Å². The Morgan fingerprint density at radius 1 is 1.35 bits per heavy atom. The summed E-state index contributed by atoms with van der Waals surface area (Å²) in [6.45, 7) is 9.34. The van der Waals surface area contributed by atoms with Crippen LogP contribution in [0.25, 0.3) is 0 Å². The maximum Gasteiger partial charge on any atom is 0.331 e. The third kappa shape index (κ3) is 2.96. The smallest absolute Gasteiger partial charge is 0.331 e. The predicted octanol–water partition coefficient (Wildman–Crippen LogP) is 1.79. The van der Waals surface area contributed by atoms with Crippen LogP contribution in [0.3, 0.4) is 0 Å². The Bertz CT molecular complexity index is 757. The van der Waals surface area contributed by atoms with Crippen molar-refractivity contribution in [1.29, 1.82) is 0 Å². The van der Waals surface area contributed by atoms with Crippen molar-refractivity contribution in [2.75, 3.05) is 5.32 Å². The molecule has 0 bridgehead atoms. The normalized spacial score (nSPS) is 11.5. The highest BCUT2D eigenvalue weighted by Crippen LogP contribution is 2.19. The molecule has 0 atom stereocenters. The van der Waals surface area contributed by atoms with Gasteiger partial charge in [0, 0.05) is 18.4 Å². The van der Waals surface area contributed by atoms with E-state index in [0.29, 0.717) is 23.5 Å². The van der Waals surface area contributed by atoms with Crippen LogP contribution in [0.15, 0.2) is 12.4 Å². The first-order chi connectivity index (χ1) is 10.7. The van der Waals surface area contributed by atoms with E-state index < -0.39 is 11.5 Å². The van der Waals surface area contributed by atoms with Gasteiger partial charge in [-0.3, -0.25) is 14.2 Å². The maximum atomic E-state index is 12.5. The fraction of sp³-hybridized carbons (Fsp3) is 0.467. The highest BCUT2D eigenvalue weighted by molar-refractivity contribution is 6.05. The van der Waals surface area contributed by atoms with E-state index in [-0.39, 0.29) is 5.91 Å². The average molecular weight is 319 g/mol. The van der Waals surface area contributed by atoms with Gasteiger partial charge in [0.15, 0.2) is 5.54 Å². The molecule has 0 radical (unpaired) electrons. The molecule has 0 saturated heterocycles. The summed E-state index contributed by atoms with van der Waals surface area (Å²) >= 11 is 0. The maximum absolute atomic E-state index is 12.5. The number of anilines is 1. The predicted molar refractivity (Wildman–Crippen MR) is 84.5 cm³/mol. The van der Waals surface area contributed by atoms with E-state index in [1.54, 1.807) is 11.6 Å². The molecule has 2 heterocycles. The van der Waals surface area contributed by atoms with Crippen LogP contribution in [0.5, 0.6) is 0 Å². The first kappa shape index (κ1) is 16.7. The van der Waals surface area contributed by atoms with Crippen LogP contribution in [0.4, 0.5) is 5.69 Å². The molecule has 0 aliphatic heterocycles. The number of carboxylic acid groups (broad SMARTS) is 1. The Morgan fingerprint density at radius 3 is 2.52 bits per heavy atom. The lowest BCUT2D eigenvalue weighted by atomic mass is 10.1. The lowest BCUT2D eigenvalue weighted by molar-refractivity contribution is -0.146. The number of aryl methyl sites for hydroxylation is 2. The van der Waals surface area contributed by atoms with Gasteiger partial charge in [-0.2, -0.15) is 10.2 Å². The summed E-state index contributed by atoms with van der Waals surface area (Å²) in [5.41, 5.74) is 1.22. The van der Waals surface area contributed by atoms with Crippen molar-refractivity contribution < 1.29 is 14.7 Å². The SMILES string of the molecule is CCn1nc(C)c(C(=O)Nc2cnn(C(C)(C)C(=O)O)c2)c1C. The number of hydrogen-bond donors (Lipinski definition) is 2. The van der Waals surface area contributed by atoms with Crippen LogP contribution >= 0.6 is 0 Å². The molecule has 2 rings (SSSR count). The van der Waals surface area contributed by atoms with Crippen LogP contribution in [-0.4, -0.2) is 36.5 Å². The Kier molecular flexibility index (Phi) is 4.26. The largest absolute Gasteiger partial charge is 0.479 e. The number of nitrogens with zero attached hydrogens (tertiary/aromatic N) is 4. The zero-order valence-corrected chi connectivity index (χ0v) is 13.9. The first-order valence-electron chi connectivity index (χ1n) is 7.32. The van der Waals surface area contributed by atoms with Crippen molar-refractivity contribution in [1.82, 2.24) is 19.6 Å². The summed E-state index contributed by atoms with van der Waals surface area (Å²) < 4.78 is 3.07. The number of hydrogen-bond acceptors (Lipinski definition) is 4. The average Bonchev–Trinajstić information content (AvgIpc) is 3.03. The number of nitrogens with one attached hydrogen (secondary N) is 1. The molecule has 0 saturated carbocycles. The fourth-order valence-corrected chi connectivity index (χ4v) is 2.32. The summed E-state index contributed by atoms with van der Waals surface area (Å²) in [7, 11) is 0. The van der Waals surface area contributed by atoms with Crippen molar-refractivity contribution in [2.45, 2.75) is 46.7 Å². The molecular weight excluding hydrogens is 298 g/mol. The Morgan fingerprint density at radius 2 is 2.00 bits per heavy atom. The summed E-state index contributed by atoms with van der Waals surface area (Å²) in [6, 6.07) is 0. The number of amides is 1. The van der Waals surface area contributed by atoms with Gasteiger partial charge >= 0.3 is 5.97 Å². The van der Waals surface area contributed by atoms with E-state index in [9.17, 15) is 14.7 Å². The molecule has 1 amide bonds. The standard InChI is InChI=1S/C15H21N5O3/c1-6-19-10(3)12(9(2)18-19)13(21)17-11-7-16-20(8-11)15(4,5)14(22)23/h7-8H,6H2,1-5H3,(H,17,21)(H,22,23). The number of aromatic nitrogens is 4. The van der Waals surface area contributed by atoms with Gasteiger partial charge in [-0.05, 0) is 34.6 Å². The van der Waals surface area contributed by atoms with Gasteiger partial charge in [0.1, 0.15) is 0 Å². The quantitative estimate of drug-likeness (QED) is 0.874. The van der Waals surface area contributed by atoms with Crippen LogP contribution in [0, 0.1) is 13.8 Å². The number of carbonyl (C=O) groups excluding carboxylic acids is 1. The minimum absolute atomic E-state index is 0.285. The molecule has 2 aromatic rings. The minimum Gasteiger partial charge on any atom is -0.479 e. The molecule has 0 unspecified atom stereocenters. The first-order valence-corrected chi connectivity index (χ1v) is 7.32. The van der Waals surface area contributed by atoms with Crippen molar-refractivity contribution >= 4 is 17.6 Å². The molecular formula is C15H21N5O3. The van der Waals surface area contributed by atoms with Crippen LogP contribution in [0.2, 0.25) is 0 Å². The second-order valence-corrected chi connectivity index (χ2v) is 5.85. The van der Waals surface area contributed by atoms with Gasteiger partial charge in [0.2, 0.25) is 0 Å². The number of aliphatic carboxylic acids is 1. The second kappa shape index (κ2) is 5.86. The monoisotopic (exact) mass is 319 g/mol. The molecule has 8 nitrogen and oxygen atoms in total. The molecule has 8 heteroatoms. The molecule has 23 heavy (non-hydrogen) atoms. The Balaban J connectivity index is 2.24. The number of carboxylic acids is 1. The Labute approximate surface area is 134 Å². The van der Waals surface area contributed by atoms with Crippen molar-refractivity contribution in [3.05, 3.63) is 29.3 Å². The summed E-state index contributed by atoms with van der Waals surface area (Å²) in [5, 5.41) is 20.3. The van der Waals surface area contributed by atoms with E-state index in [1.807, 2.05) is 13.8 Å². The van der Waals surface area contributed by atoms with Gasteiger partial charge < -0.3 is 10.4 Å². The molecule has 0 aliphatic rings. The fourth-order valence-electron chi connectivity index (χ4n) is 2.32. The highest BCUT2D eigenvalue weighted by Gasteiger charge is 2.30. The minimum atomic E-state index is -1.19. The number of carbonyl (C=O) groups is 2. The molecule has 0 aliphatic carbocycles. The summed E-state index contributed by atoms with van der Waals surface area (Å²) in [5.74, 6) is -1.29. The molecule has 124 valence electrons. The third-order valence-corrected chi connectivity index (χ3v) is 3.84. The van der Waals surface area contributed by atoms with Crippen LogP contribution < -0.4 is 5.32 Å². The van der Waals surface area contributed by atoms with Gasteiger partial charge in [-0.1, -0.05) is 0 Å². The van der Waals surface area contributed by atoms with E-state index in [2.05, 4.69) is 15.5 Å². The second-order valence-electron chi connectivity index (χ2n) is 5.85. The number of rotatable bonds is 5. The van der Waals surface area contributed by atoms with E-state index in [0.717, 1.165) is 5.69 Å². The highest BCUT2D eigenvalue weighted by atomic mass is 16.4. The molecule has 0 fully saturated rings. The van der Waals surface area contributed by atoms with Crippen LogP contribution in [0.1, 0.15) is 42.5 Å². The van der Waals surface area contributed by atoms with Gasteiger partial charge in [-0.25, -0.2) is 4.79 Å². The van der Waals surface area contributed by atoms with Gasteiger partial charge in [-0.15, -0.1) is 0 Å². The lowest BCUT2D eigenvalue weighted by Gasteiger charge is -2.19. The van der Waals surface area contributed by atoms with Crippen molar-refractivity contribution in [3.8, 4) is 0 Å². The van der Waals surface area contributed by atoms with E-state index >= 15 is 0 Å².